The molecule has 0 aliphatic heterocycles. The summed E-state index contributed by atoms with van der Waals surface area (Å²) in [6, 6.07) is 1.92. The maximum absolute atomic E-state index is 12.3. The molecule has 0 fully saturated rings. The number of nitrogens with one attached hydrogen (secondary N) is 1. The van der Waals surface area contributed by atoms with Gasteiger partial charge < -0.3 is 10.4 Å². The summed E-state index contributed by atoms with van der Waals surface area (Å²) >= 11 is 1.47. The van der Waals surface area contributed by atoms with E-state index in [-0.39, 0.29) is 5.91 Å². The number of aromatic nitrogens is 2. The van der Waals surface area contributed by atoms with Crippen molar-refractivity contribution in [1.82, 2.24) is 9.78 Å². The molecule has 0 aliphatic carbocycles. The lowest BCUT2D eigenvalue weighted by molar-refractivity contribution is -0.146. The van der Waals surface area contributed by atoms with E-state index in [1.165, 1.54) is 34.0 Å². The van der Waals surface area contributed by atoms with Gasteiger partial charge in [-0.1, -0.05) is 13.3 Å². The first-order chi connectivity index (χ1) is 10.8. The van der Waals surface area contributed by atoms with Crippen molar-refractivity contribution >= 4 is 28.9 Å². The monoisotopic (exact) mass is 335 g/mol. The van der Waals surface area contributed by atoms with E-state index in [0.717, 1.165) is 17.7 Å². The summed E-state index contributed by atoms with van der Waals surface area (Å²) in [4.78, 5) is 25.4. The topological polar surface area (TPSA) is 84.2 Å². The molecule has 0 saturated heterocycles. The van der Waals surface area contributed by atoms with Crippen LogP contribution in [0.2, 0.25) is 0 Å². The van der Waals surface area contributed by atoms with Crippen LogP contribution in [0.15, 0.2) is 18.5 Å². The Bertz CT molecular complexity index is 731. The highest BCUT2D eigenvalue weighted by atomic mass is 32.1. The minimum absolute atomic E-state index is 0.201. The van der Waals surface area contributed by atoms with Crippen LogP contribution in [-0.2, 0) is 16.8 Å². The van der Waals surface area contributed by atoms with Crippen LogP contribution in [-0.4, -0.2) is 26.8 Å². The molecule has 0 bridgehead atoms. The molecule has 2 aromatic rings. The summed E-state index contributed by atoms with van der Waals surface area (Å²) in [5, 5.41) is 16.0. The molecule has 6 nitrogen and oxygen atoms in total. The number of rotatable bonds is 6. The number of carbonyl (C=O) groups is 2. The Morgan fingerprint density at radius 1 is 1.43 bits per heavy atom. The zero-order valence-electron chi connectivity index (χ0n) is 13.7. The number of carboxylic acid groups (broad SMARTS) is 1. The van der Waals surface area contributed by atoms with Crippen LogP contribution in [0.5, 0.6) is 0 Å². The van der Waals surface area contributed by atoms with E-state index in [1.807, 2.05) is 13.0 Å². The third-order valence-corrected chi connectivity index (χ3v) is 4.79. The van der Waals surface area contributed by atoms with Gasteiger partial charge in [0.1, 0.15) is 0 Å². The highest BCUT2D eigenvalue weighted by molar-refractivity contribution is 7.14. The third-order valence-electron chi connectivity index (χ3n) is 3.70. The minimum atomic E-state index is -1.17. The fourth-order valence-electron chi connectivity index (χ4n) is 2.13. The van der Waals surface area contributed by atoms with Crippen LogP contribution >= 0.6 is 11.3 Å². The number of hydrogen-bond donors (Lipinski definition) is 2. The molecular weight excluding hydrogens is 314 g/mol. The highest BCUT2D eigenvalue weighted by Crippen LogP contribution is 2.24. The van der Waals surface area contributed by atoms with Gasteiger partial charge in [-0.2, -0.15) is 5.10 Å². The molecule has 0 radical (unpaired) electrons. The predicted molar refractivity (Wildman–Crippen MR) is 90.2 cm³/mol. The van der Waals surface area contributed by atoms with Crippen molar-refractivity contribution in [3.05, 3.63) is 33.8 Å². The summed E-state index contributed by atoms with van der Waals surface area (Å²) in [6.07, 6.45) is 4.98. The molecule has 0 spiro atoms. The largest absolute Gasteiger partial charge is 0.479 e. The van der Waals surface area contributed by atoms with E-state index in [0.29, 0.717) is 10.6 Å². The third kappa shape index (κ3) is 3.61. The quantitative estimate of drug-likeness (QED) is 0.848. The van der Waals surface area contributed by atoms with Gasteiger partial charge >= 0.3 is 5.97 Å². The highest BCUT2D eigenvalue weighted by Gasteiger charge is 2.30. The molecule has 7 heteroatoms. The Labute approximate surface area is 139 Å². The summed E-state index contributed by atoms with van der Waals surface area (Å²) in [5.41, 5.74) is 0.509. The molecule has 0 saturated carbocycles. The van der Waals surface area contributed by atoms with Gasteiger partial charge in [0.25, 0.3) is 5.91 Å². The lowest BCUT2D eigenvalue weighted by Gasteiger charge is -2.19. The van der Waals surface area contributed by atoms with E-state index < -0.39 is 11.5 Å². The number of carbonyl (C=O) groups excluding carboxylic acids is 1. The smallest absolute Gasteiger partial charge is 0.331 e. The fraction of sp³-hybridized carbons (Fsp3) is 0.438. The first-order valence-corrected chi connectivity index (χ1v) is 8.26. The van der Waals surface area contributed by atoms with Gasteiger partial charge in [-0.25, -0.2) is 4.79 Å². The van der Waals surface area contributed by atoms with Crippen molar-refractivity contribution in [3.63, 3.8) is 0 Å². The molecule has 23 heavy (non-hydrogen) atoms. The second-order valence-corrected chi connectivity index (χ2v) is 7.19. The number of amides is 1. The Morgan fingerprint density at radius 2 is 2.13 bits per heavy atom. The first-order valence-electron chi connectivity index (χ1n) is 7.45. The summed E-state index contributed by atoms with van der Waals surface area (Å²) in [6.45, 7) is 7.22. The molecule has 124 valence electrons. The second-order valence-electron chi connectivity index (χ2n) is 5.93. The van der Waals surface area contributed by atoms with Crippen molar-refractivity contribution < 1.29 is 14.7 Å². The number of carboxylic acids is 1. The molecule has 0 aliphatic rings. The van der Waals surface area contributed by atoms with E-state index in [9.17, 15) is 14.7 Å². The number of anilines is 1. The Kier molecular flexibility index (Phi) is 4.89. The van der Waals surface area contributed by atoms with Gasteiger partial charge in [0.2, 0.25) is 0 Å². The minimum Gasteiger partial charge on any atom is -0.479 e. The number of aliphatic carboxylic acids is 1. The number of thiophene rings is 1. The fourth-order valence-corrected chi connectivity index (χ4v) is 3.10. The maximum atomic E-state index is 12.3. The zero-order chi connectivity index (χ0) is 17.2. The van der Waals surface area contributed by atoms with Crippen molar-refractivity contribution in [2.45, 2.75) is 46.1 Å². The average Bonchev–Trinajstić information content (AvgIpc) is 3.07. The molecule has 0 atom stereocenters. The SMILES string of the molecule is CCCc1cc(C(=O)Nc2cnn(C(C)(C)C(=O)O)c2)sc1C. The number of hydrogen-bond acceptors (Lipinski definition) is 4. The van der Waals surface area contributed by atoms with Crippen LogP contribution in [0.4, 0.5) is 5.69 Å². The van der Waals surface area contributed by atoms with Gasteiger partial charge in [0.15, 0.2) is 5.54 Å². The van der Waals surface area contributed by atoms with E-state index in [2.05, 4.69) is 17.3 Å². The molecule has 2 aromatic heterocycles. The van der Waals surface area contributed by atoms with Crippen LogP contribution in [0, 0.1) is 6.92 Å². The van der Waals surface area contributed by atoms with Crippen LogP contribution < -0.4 is 5.32 Å². The lowest BCUT2D eigenvalue weighted by atomic mass is 10.1. The van der Waals surface area contributed by atoms with Gasteiger partial charge in [-0.3, -0.25) is 9.48 Å². The van der Waals surface area contributed by atoms with Crippen LogP contribution in [0.25, 0.3) is 0 Å². The van der Waals surface area contributed by atoms with Crippen molar-refractivity contribution in [2.24, 2.45) is 0 Å². The van der Waals surface area contributed by atoms with Gasteiger partial charge in [-0.15, -0.1) is 11.3 Å². The zero-order valence-corrected chi connectivity index (χ0v) is 14.5. The van der Waals surface area contributed by atoms with E-state index >= 15 is 0 Å². The van der Waals surface area contributed by atoms with Crippen molar-refractivity contribution in [3.8, 4) is 0 Å². The Balaban J connectivity index is 2.14. The standard InChI is InChI=1S/C16H21N3O3S/c1-5-6-11-7-13(23-10(11)2)14(20)18-12-8-17-19(9-12)16(3,4)15(21)22/h7-9H,5-6H2,1-4H3,(H,18,20)(H,21,22). The van der Waals surface area contributed by atoms with Crippen LogP contribution in [0.1, 0.15) is 47.3 Å². The molecular formula is C16H21N3O3S. The summed E-state index contributed by atoms with van der Waals surface area (Å²) in [5.74, 6) is -1.19. The lowest BCUT2D eigenvalue weighted by Crippen LogP contribution is -2.35. The van der Waals surface area contributed by atoms with Gasteiger partial charge in [-0.05, 0) is 38.8 Å². The number of aryl methyl sites for hydroxylation is 2. The molecule has 2 rings (SSSR count). The summed E-state index contributed by atoms with van der Waals surface area (Å²) in [7, 11) is 0. The van der Waals surface area contributed by atoms with Crippen LogP contribution in [0.3, 0.4) is 0 Å². The molecule has 2 N–H and O–H groups in total. The summed E-state index contributed by atoms with van der Waals surface area (Å²) < 4.78 is 1.33. The first kappa shape index (κ1) is 17.2. The normalized spacial score (nSPS) is 11.5. The average molecular weight is 335 g/mol. The van der Waals surface area contributed by atoms with E-state index in [1.54, 1.807) is 13.8 Å². The Hall–Kier alpha value is -2.15. The molecule has 1 amide bonds. The van der Waals surface area contributed by atoms with Gasteiger partial charge in [0.05, 0.1) is 16.8 Å². The maximum Gasteiger partial charge on any atom is 0.331 e. The van der Waals surface area contributed by atoms with Crippen molar-refractivity contribution in [2.75, 3.05) is 5.32 Å². The molecule has 0 unspecified atom stereocenters. The predicted octanol–water partition coefficient (Wildman–Crippen LogP) is 3.28. The number of nitrogens with zero attached hydrogens (tertiary/aromatic N) is 2. The molecule has 0 aromatic carbocycles. The Morgan fingerprint density at radius 3 is 2.74 bits per heavy atom. The molecule has 2 heterocycles. The van der Waals surface area contributed by atoms with Gasteiger partial charge in [0, 0.05) is 11.1 Å². The van der Waals surface area contributed by atoms with E-state index in [4.69, 9.17) is 0 Å². The second kappa shape index (κ2) is 6.54. The van der Waals surface area contributed by atoms with Crippen molar-refractivity contribution in [1.29, 1.82) is 0 Å².